The summed E-state index contributed by atoms with van der Waals surface area (Å²) in [4.78, 5) is 53.2. The van der Waals surface area contributed by atoms with E-state index in [2.05, 4.69) is 10.6 Å². The second kappa shape index (κ2) is 9.07. The maximum absolute atomic E-state index is 13.1. The number of carbonyl (C=O) groups is 4. The molecule has 0 bridgehead atoms. The lowest BCUT2D eigenvalue weighted by molar-refractivity contribution is 0.0922. The van der Waals surface area contributed by atoms with Crippen LogP contribution >= 0.6 is 0 Å². The first-order valence-corrected chi connectivity index (χ1v) is 10.9. The Morgan fingerprint density at radius 2 is 0.943 bits per heavy atom. The molecule has 0 fully saturated rings. The van der Waals surface area contributed by atoms with Crippen molar-refractivity contribution in [3.05, 3.63) is 125 Å². The normalized spacial score (nSPS) is 12.3. The van der Waals surface area contributed by atoms with E-state index in [4.69, 9.17) is 0 Å². The molecule has 0 saturated heterocycles. The number of hydrogen-bond donors (Lipinski definition) is 2. The van der Waals surface area contributed by atoms with Crippen molar-refractivity contribution in [2.24, 2.45) is 0 Å². The molecule has 0 radical (unpaired) electrons. The predicted octanol–water partition coefficient (Wildman–Crippen LogP) is 4.99. The number of carbonyl (C=O) groups excluding carboxylic acids is 4. The highest BCUT2D eigenvalue weighted by molar-refractivity contribution is 6.34. The molecule has 2 N–H and O–H groups in total. The number of nitrogens with one attached hydrogen (secondary N) is 2. The Hall–Kier alpha value is -5.04. The van der Waals surface area contributed by atoms with Crippen molar-refractivity contribution in [3.63, 3.8) is 0 Å². The van der Waals surface area contributed by atoms with Gasteiger partial charge in [0.2, 0.25) is 0 Å². The van der Waals surface area contributed by atoms with Crippen LogP contribution in [0.4, 0.5) is 17.1 Å². The molecule has 1 aliphatic rings. The van der Waals surface area contributed by atoms with Gasteiger partial charge in [-0.2, -0.15) is 0 Å². The van der Waals surface area contributed by atoms with Crippen LogP contribution in [0.15, 0.2) is 103 Å². The fourth-order valence-corrected chi connectivity index (χ4v) is 3.88. The Morgan fingerprint density at radius 1 is 0.543 bits per heavy atom. The number of hydrogen-bond acceptors (Lipinski definition) is 4. The molecule has 7 nitrogen and oxygen atoms in total. The van der Waals surface area contributed by atoms with Gasteiger partial charge in [-0.05, 0) is 54.6 Å². The largest absolute Gasteiger partial charge is 0.322 e. The van der Waals surface area contributed by atoms with Crippen molar-refractivity contribution in [1.29, 1.82) is 0 Å². The van der Waals surface area contributed by atoms with Crippen LogP contribution in [0.25, 0.3) is 0 Å². The van der Waals surface area contributed by atoms with Gasteiger partial charge in [-0.1, -0.05) is 48.5 Å². The third-order valence-electron chi connectivity index (χ3n) is 5.56. The van der Waals surface area contributed by atoms with E-state index in [1.165, 1.54) is 18.2 Å². The van der Waals surface area contributed by atoms with Crippen LogP contribution in [-0.4, -0.2) is 23.6 Å². The van der Waals surface area contributed by atoms with Crippen molar-refractivity contribution in [1.82, 2.24) is 0 Å². The average molecular weight is 461 g/mol. The molecule has 170 valence electrons. The number of nitrogens with zero attached hydrogens (tertiary/aromatic N) is 1. The van der Waals surface area contributed by atoms with Crippen molar-refractivity contribution >= 4 is 40.7 Å². The van der Waals surface area contributed by atoms with E-state index in [1.807, 2.05) is 12.1 Å². The Kier molecular flexibility index (Phi) is 5.65. The van der Waals surface area contributed by atoms with Gasteiger partial charge in [0, 0.05) is 22.5 Å². The lowest BCUT2D eigenvalue weighted by Crippen LogP contribution is -2.30. The Balaban J connectivity index is 1.55. The summed E-state index contributed by atoms with van der Waals surface area (Å²) in [6.45, 7) is 0. The standard InChI is InChI=1S/C28H19N3O4/c32-25(29-20-9-3-1-4-10-20)18-15-19(26(33)30-21-11-5-2-6-12-21)17-22(16-18)31-27(34)23-13-7-8-14-24(23)28(31)35/h1-17H,(H,29,32)(H,30,33). The topological polar surface area (TPSA) is 95.6 Å². The van der Waals surface area contributed by atoms with E-state index in [1.54, 1.807) is 72.8 Å². The smallest absolute Gasteiger partial charge is 0.266 e. The molecule has 0 aromatic heterocycles. The zero-order valence-electron chi connectivity index (χ0n) is 18.4. The minimum atomic E-state index is -0.513. The average Bonchev–Trinajstić information content (AvgIpc) is 3.15. The second-order valence-corrected chi connectivity index (χ2v) is 7.90. The van der Waals surface area contributed by atoms with Crippen LogP contribution in [-0.2, 0) is 0 Å². The van der Waals surface area contributed by atoms with E-state index in [0.29, 0.717) is 11.4 Å². The fourth-order valence-electron chi connectivity index (χ4n) is 3.88. The van der Waals surface area contributed by atoms with E-state index < -0.39 is 23.6 Å². The molecule has 0 spiro atoms. The molecule has 7 heteroatoms. The number of fused-ring (bicyclic) bond motifs is 1. The molecule has 0 aliphatic carbocycles. The Morgan fingerprint density at radius 3 is 1.37 bits per heavy atom. The van der Waals surface area contributed by atoms with Crippen LogP contribution in [0.2, 0.25) is 0 Å². The van der Waals surface area contributed by atoms with Gasteiger partial charge >= 0.3 is 0 Å². The molecule has 4 aromatic carbocycles. The van der Waals surface area contributed by atoms with Crippen molar-refractivity contribution < 1.29 is 19.2 Å². The van der Waals surface area contributed by atoms with Crippen LogP contribution in [0.5, 0.6) is 0 Å². The Labute approximate surface area is 201 Å². The molecule has 35 heavy (non-hydrogen) atoms. The maximum atomic E-state index is 13.1. The van der Waals surface area contributed by atoms with Gasteiger partial charge in [-0.3, -0.25) is 19.2 Å². The maximum Gasteiger partial charge on any atom is 0.266 e. The number of imide groups is 1. The van der Waals surface area contributed by atoms with Gasteiger partial charge in [0.25, 0.3) is 23.6 Å². The summed E-state index contributed by atoms with van der Waals surface area (Å²) in [6, 6.07) is 28.5. The van der Waals surface area contributed by atoms with Crippen molar-refractivity contribution in [2.75, 3.05) is 15.5 Å². The molecule has 0 saturated carbocycles. The minimum Gasteiger partial charge on any atom is -0.322 e. The quantitative estimate of drug-likeness (QED) is 0.409. The van der Waals surface area contributed by atoms with Crippen LogP contribution < -0.4 is 15.5 Å². The second-order valence-electron chi connectivity index (χ2n) is 7.90. The van der Waals surface area contributed by atoms with E-state index in [0.717, 1.165) is 4.90 Å². The number of para-hydroxylation sites is 2. The summed E-state index contributed by atoms with van der Waals surface area (Å²) in [7, 11) is 0. The molecule has 1 aliphatic heterocycles. The molecule has 5 rings (SSSR count). The van der Waals surface area contributed by atoms with Gasteiger partial charge < -0.3 is 10.6 Å². The van der Waals surface area contributed by atoms with Crippen molar-refractivity contribution in [2.45, 2.75) is 0 Å². The summed E-state index contributed by atoms with van der Waals surface area (Å²) in [5.74, 6) is -1.99. The first kappa shape index (κ1) is 21.8. The molecular weight excluding hydrogens is 442 g/mol. The number of rotatable bonds is 5. The number of benzene rings is 4. The fraction of sp³-hybridized carbons (Fsp3) is 0. The SMILES string of the molecule is O=C(Nc1ccccc1)c1cc(C(=O)Nc2ccccc2)cc(N2C(=O)c3ccccc3C2=O)c1. The molecule has 0 atom stereocenters. The lowest BCUT2D eigenvalue weighted by Gasteiger charge is -2.17. The molecule has 1 heterocycles. The molecular formula is C28H19N3O4. The van der Waals surface area contributed by atoms with Gasteiger partial charge in [0.05, 0.1) is 16.8 Å². The summed E-state index contributed by atoms with van der Waals surface area (Å²) >= 11 is 0. The van der Waals surface area contributed by atoms with E-state index in [-0.39, 0.29) is 27.9 Å². The molecule has 4 amide bonds. The summed E-state index contributed by atoms with van der Waals surface area (Å²) < 4.78 is 0. The van der Waals surface area contributed by atoms with Gasteiger partial charge in [0.1, 0.15) is 0 Å². The van der Waals surface area contributed by atoms with Gasteiger partial charge in [0.15, 0.2) is 0 Å². The van der Waals surface area contributed by atoms with Gasteiger partial charge in [-0.25, -0.2) is 4.90 Å². The molecule has 0 unspecified atom stereocenters. The first-order valence-electron chi connectivity index (χ1n) is 10.9. The zero-order valence-corrected chi connectivity index (χ0v) is 18.4. The van der Waals surface area contributed by atoms with Gasteiger partial charge in [-0.15, -0.1) is 0 Å². The highest BCUT2D eigenvalue weighted by atomic mass is 16.2. The summed E-state index contributed by atoms with van der Waals surface area (Å²) in [6.07, 6.45) is 0. The highest BCUT2D eigenvalue weighted by Crippen LogP contribution is 2.30. The summed E-state index contributed by atoms with van der Waals surface area (Å²) in [5, 5.41) is 5.54. The van der Waals surface area contributed by atoms with E-state index >= 15 is 0 Å². The van der Waals surface area contributed by atoms with Crippen LogP contribution in [0.3, 0.4) is 0 Å². The lowest BCUT2D eigenvalue weighted by atomic mass is 10.1. The van der Waals surface area contributed by atoms with Crippen LogP contribution in [0.1, 0.15) is 41.4 Å². The zero-order chi connectivity index (χ0) is 24.4. The third kappa shape index (κ3) is 4.30. The first-order chi connectivity index (χ1) is 17.0. The monoisotopic (exact) mass is 461 g/mol. The van der Waals surface area contributed by atoms with Crippen molar-refractivity contribution in [3.8, 4) is 0 Å². The number of amides is 4. The summed E-state index contributed by atoms with van der Waals surface area (Å²) in [5.41, 5.74) is 2.06. The Bertz CT molecular complexity index is 1360. The van der Waals surface area contributed by atoms with Crippen LogP contribution in [0, 0.1) is 0 Å². The third-order valence-corrected chi connectivity index (χ3v) is 5.56. The predicted molar refractivity (Wildman–Crippen MR) is 133 cm³/mol. The minimum absolute atomic E-state index is 0.126. The number of anilines is 3. The molecule has 4 aromatic rings. The van der Waals surface area contributed by atoms with E-state index in [9.17, 15) is 19.2 Å². The highest BCUT2D eigenvalue weighted by Gasteiger charge is 2.37.